The van der Waals surface area contributed by atoms with E-state index in [0.29, 0.717) is 0 Å². The number of halogens is 2. The first kappa shape index (κ1) is 26.4. The first-order valence-electron chi connectivity index (χ1n) is 9.74. The summed E-state index contributed by atoms with van der Waals surface area (Å²) < 4.78 is 28.4. The van der Waals surface area contributed by atoms with E-state index in [1.54, 1.807) is 38.2 Å². The van der Waals surface area contributed by atoms with Gasteiger partial charge in [0.25, 0.3) is 0 Å². The van der Waals surface area contributed by atoms with Gasteiger partial charge in [0.15, 0.2) is 0 Å². The van der Waals surface area contributed by atoms with Crippen LogP contribution in [0.4, 0.5) is 0 Å². The first-order valence-corrected chi connectivity index (χ1v) is 12.0. The number of amides is 1. The van der Waals surface area contributed by atoms with E-state index in [0.717, 1.165) is 18.5 Å². The van der Waals surface area contributed by atoms with Crippen LogP contribution in [0.3, 0.4) is 0 Å². The molecule has 0 heterocycles. The van der Waals surface area contributed by atoms with Crippen molar-refractivity contribution in [1.29, 1.82) is 0 Å². The lowest BCUT2D eigenvalue weighted by molar-refractivity contribution is -0.124. The van der Waals surface area contributed by atoms with Crippen molar-refractivity contribution in [1.82, 2.24) is 14.9 Å². The molecule has 1 amide bonds. The summed E-state index contributed by atoms with van der Waals surface area (Å²) >= 11 is 12.1. The Balaban J connectivity index is 3.20. The van der Waals surface area contributed by atoms with Gasteiger partial charge in [-0.25, -0.2) is 13.4 Å². The highest BCUT2D eigenvalue weighted by atomic mass is 35.5. The molecule has 0 aliphatic carbocycles. The maximum Gasteiger partial charge on any atom is 0.245 e. The zero-order valence-corrected chi connectivity index (χ0v) is 20.3. The predicted molar refractivity (Wildman–Crippen MR) is 123 cm³/mol. The molecule has 1 aromatic rings. The van der Waals surface area contributed by atoms with Crippen LogP contribution in [0.5, 0.6) is 0 Å². The van der Waals surface area contributed by atoms with E-state index in [4.69, 9.17) is 23.2 Å². The number of carbonyl (C=O) groups excluding carboxylic acids is 1. The molecule has 30 heavy (non-hydrogen) atoms. The molecule has 0 saturated carbocycles. The quantitative estimate of drug-likeness (QED) is 0.286. The molecule has 2 atom stereocenters. The molecular formula is C20H30Cl2N4O3S. The van der Waals surface area contributed by atoms with E-state index in [1.165, 1.54) is 12.1 Å². The molecular weight excluding hydrogens is 447 g/mol. The number of hydrogen-bond donors (Lipinski definition) is 2. The Morgan fingerprint density at radius 3 is 2.33 bits per heavy atom. The minimum absolute atomic E-state index is 0.0281. The fraction of sp³-hybridized carbons (Fsp3) is 0.500. The zero-order valence-electron chi connectivity index (χ0n) is 17.9. The van der Waals surface area contributed by atoms with Crippen LogP contribution in [-0.4, -0.2) is 45.3 Å². The van der Waals surface area contributed by atoms with Crippen LogP contribution in [0.1, 0.15) is 40.5 Å². The lowest BCUT2D eigenvalue weighted by atomic mass is 10.1. The van der Waals surface area contributed by atoms with Crippen molar-refractivity contribution in [2.45, 2.75) is 51.6 Å². The van der Waals surface area contributed by atoms with Gasteiger partial charge in [-0.1, -0.05) is 56.1 Å². The molecule has 0 radical (unpaired) electrons. The molecule has 1 rings (SSSR count). The van der Waals surface area contributed by atoms with Gasteiger partial charge in [-0.3, -0.25) is 4.79 Å². The summed E-state index contributed by atoms with van der Waals surface area (Å²) in [6, 6.07) is 4.49. The van der Waals surface area contributed by atoms with Crippen molar-refractivity contribution in [3.63, 3.8) is 0 Å². The highest BCUT2D eigenvalue weighted by Crippen LogP contribution is 2.29. The molecule has 0 saturated heterocycles. The van der Waals surface area contributed by atoms with E-state index in [1.807, 2.05) is 19.9 Å². The highest BCUT2D eigenvalue weighted by Gasteiger charge is 2.26. The van der Waals surface area contributed by atoms with Crippen molar-refractivity contribution in [3.05, 3.63) is 40.0 Å². The average molecular weight is 477 g/mol. The number of allylic oxidation sites excluding steroid dienone is 2. The molecule has 2 N–H and O–H groups in total. The van der Waals surface area contributed by atoms with Crippen molar-refractivity contribution < 1.29 is 13.2 Å². The van der Waals surface area contributed by atoms with Crippen molar-refractivity contribution in [3.8, 4) is 0 Å². The van der Waals surface area contributed by atoms with Crippen LogP contribution < -0.4 is 10.0 Å². The molecule has 0 aliphatic rings. The Kier molecular flexibility index (Phi) is 10.8. The number of hydrogen-bond acceptors (Lipinski definition) is 4. The SMILES string of the molecule is CC/C=C(CC)/N=C\N(CC(C)C(=O)NC)C(C)NS(=O)(=O)c1c(Cl)cccc1Cl. The number of rotatable bonds is 11. The summed E-state index contributed by atoms with van der Waals surface area (Å²) in [7, 11) is -2.46. The number of carbonyl (C=O) groups is 1. The van der Waals surface area contributed by atoms with Gasteiger partial charge in [0.2, 0.25) is 15.9 Å². The monoisotopic (exact) mass is 476 g/mol. The Morgan fingerprint density at radius 1 is 1.23 bits per heavy atom. The van der Waals surface area contributed by atoms with Crippen molar-refractivity contribution in [2.24, 2.45) is 10.9 Å². The van der Waals surface area contributed by atoms with Gasteiger partial charge < -0.3 is 10.2 Å². The third-order valence-corrected chi connectivity index (χ3v) is 6.85. The number of benzene rings is 1. The summed E-state index contributed by atoms with van der Waals surface area (Å²) in [5.74, 6) is -0.546. The molecule has 10 heteroatoms. The van der Waals surface area contributed by atoms with Gasteiger partial charge in [-0.15, -0.1) is 0 Å². The maximum atomic E-state index is 12.9. The lowest BCUT2D eigenvalue weighted by Crippen LogP contribution is -2.48. The van der Waals surface area contributed by atoms with Crippen molar-refractivity contribution in [2.75, 3.05) is 13.6 Å². The van der Waals surface area contributed by atoms with E-state index in [-0.39, 0.29) is 27.4 Å². The van der Waals surface area contributed by atoms with E-state index >= 15 is 0 Å². The van der Waals surface area contributed by atoms with Gasteiger partial charge >= 0.3 is 0 Å². The van der Waals surface area contributed by atoms with Gasteiger partial charge in [0.1, 0.15) is 4.90 Å². The van der Waals surface area contributed by atoms with Crippen LogP contribution >= 0.6 is 23.2 Å². The molecule has 0 spiro atoms. The Labute approximate surface area is 189 Å². The molecule has 0 aromatic heterocycles. The third-order valence-electron chi connectivity index (χ3n) is 4.36. The number of nitrogens with one attached hydrogen (secondary N) is 2. The van der Waals surface area contributed by atoms with E-state index in [2.05, 4.69) is 15.0 Å². The molecule has 1 aromatic carbocycles. The first-order chi connectivity index (χ1) is 14.1. The predicted octanol–water partition coefficient (Wildman–Crippen LogP) is 4.03. The summed E-state index contributed by atoms with van der Waals surface area (Å²) in [6.45, 7) is 7.68. The molecule has 168 valence electrons. The van der Waals surface area contributed by atoms with Crippen LogP contribution in [0.2, 0.25) is 10.0 Å². The van der Waals surface area contributed by atoms with E-state index < -0.39 is 22.1 Å². The largest absolute Gasteiger partial charge is 0.359 e. The average Bonchev–Trinajstić information content (AvgIpc) is 2.68. The summed E-state index contributed by atoms with van der Waals surface area (Å²) in [4.78, 5) is 18.0. The maximum absolute atomic E-state index is 12.9. The van der Waals surface area contributed by atoms with Gasteiger partial charge in [0, 0.05) is 19.3 Å². The fourth-order valence-corrected chi connectivity index (χ4v) is 5.07. The molecule has 0 bridgehead atoms. The van der Waals surface area contributed by atoms with Gasteiger partial charge in [-0.05, 0) is 31.9 Å². The standard InChI is InChI=1S/C20H30Cl2N4O3S/c1-6-9-16(7-2)24-13-26(12-14(3)20(27)23-5)15(4)25-30(28,29)19-17(21)10-8-11-18(19)22/h8-11,13-15,25H,6-7,12H2,1-5H3,(H,23,27)/b16-9+,24-13-. The lowest BCUT2D eigenvalue weighted by Gasteiger charge is -2.30. The Bertz CT molecular complexity index is 868. The second kappa shape index (κ2) is 12.3. The normalized spacial score (nSPS) is 14.6. The van der Waals surface area contributed by atoms with Gasteiger partial charge in [-0.2, -0.15) is 4.72 Å². The smallest absolute Gasteiger partial charge is 0.245 e. The number of aliphatic imine (C=N–C) groups is 1. The van der Waals surface area contributed by atoms with Crippen LogP contribution in [0.25, 0.3) is 0 Å². The fourth-order valence-electron chi connectivity index (χ4n) is 2.71. The third kappa shape index (κ3) is 7.58. The van der Waals surface area contributed by atoms with Crippen LogP contribution in [-0.2, 0) is 14.8 Å². The van der Waals surface area contributed by atoms with Crippen molar-refractivity contribution >= 4 is 45.5 Å². The number of nitrogens with zero attached hydrogens (tertiary/aromatic N) is 2. The Hall–Kier alpha value is -1.61. The summed E-state index contributed by atoms with van der Waals surface area (Å²) in [5, 5.41) is 2.66. The summed E-state index contributed by atoms with van der Waals surface area (Å²) in [6.07, 6.45) is 4.42. The van der Waals surface area contributed by atoms with E-state index in [9.17, 15) is 13.2 Å². The molecule has 2 unspecified atom stereocenters. The highest BCUT2D eigenvalue weighted by molar-refractivity contribution is 7.89. The minimum Gasteiger partial charge on any atom is -0.359 e. The second-order valence-corrected chi connectivity index (χ2v) is 9.23. The zero-order chi connectivity index (χ0) is 22.9. The number of sulfonamides is 1. The summed E-state index contributed by atoms with van der Waals surface area (Å²) in [5.41, 5.74) is 0.874. The molecule has 7 nitrogen and oxygen atoms in total. The van der Waals surface area contributed by atoms with Crippen LogP contribution in [0, 0.1) is 5.92 Å². The van der Waals surface area contributed by atoms with Gasteiger partial charge in [0.05, 0.1) is 28.5 Å². The minimum atomic E-state index is -4.01. The van der Waals surface area contributed by atoms with Crippen LogP contribution in [0.15, 0.2) is 39.9 Å². The molecule has 0 aliphatic heterocycles. The topological polar surface area (TPSA) is 90.9 Å². The second-order valence-electron chi connectivity index (χ2n) is 6.76. The molecule has 0 fully saturated rings. The Morgan fingerprint density at radius 2 is 1.83 bits per heavy atom.